The number of rotatable bonds is 0. The fourth-order valence-electron chi connectivity index (χ4n) is 1.68. The van der Waals surface area contributed by atoms with Crippen LogP contribution in [0.5, 0.6) is 0 Å². The predicted octanol–water partition coefficient (Wildman–Crippen LogP) is 1.20. The number of fused-ring (bicyclic) bond motifs is 2. The molecule has 3 rings (SSSR count). The number of para-hydroxylation sites is 2. The molecule has 1 aromatic heterocycles. The lowest BCUT2D eigenvalue weighted by Crippen LogP contribution is -2.33. The molecule has 0 N–H and O–H groups in total. The first-order valence-electron chi connectivity index (χ1n) is 4.65. The van der Waals surface area contributed by atoms with E-state index in [9.17, 15) is 5.21 Å². The van der Waals surface area contributed by atoms with Crippen LogP contribution in [-0.2, 0) is 6.54 Å². The van der Waals surface area contributed by atoms with Gasteiger partial charge in [-0.25, -0.2) is 0 Å². The Morgan fingerprint density at radius 3 is 3.07 bits per heavy atom. The lowest BCUT2D eigenvalue weighted by molar-refractivity contribution is 0.963. The van der Waals surface area contributed by atoms with Crippen LogP contribution in [0.15, 0.2) is 40.0 Å². The minimum absolute atomic E-state index is 0.592. The molecule has 0 atom stereocenters. The molecule has 0 saturated carbocycles. The molecule has 0 bridgehead atoms. The van der Waals surface area contributed by atoms with E-state index >= 15 is 0 Å². The molecule has 0 saturated heterocycles. The zero-order valence-electron chi connectivity index (χ0n) is 7.88. The highest BCUT2D eigenvalue weighted by Gasteiger charge is 2.14. The minimum Gasteiger partial charge on any atom is -0.618 e. The lowest BCUT2D eigenvalue weighted by atomic mass is 10.3. The Labute approximate surface area is 90.2 Å². The highest BCUT2D eigenvalue weighted by atomic mass is 32.1. The third kappa shape index (κ3) is 1.26. The van der Waals surface area contributed by atoms with Crippen molar-refractivity contribution >= 4 is 17.0 Å². The Balaban J connectivity index is 2.47. The molecule has 0 amide bonds. The molecule has 0 radical (unpaired) electrons. The molecule has 0 spiro atoms. The molecule has 0 aliphatic carbocycles. The van der Waals surface area contributed by atoms with Crippen molar-refractivity contribution < 1.29 is 0 Å². The first-order chi connectivity index (χ1) is 7.36. The van der Waals surface area contributed by atoms with Crippen LogP contribution in [-0.4, -0.2) is 0 Å². The predicted molar refractivity (Wildman–Crippen MR) is 59.5 cm³/mol. The maximum absolute atomic E-state index is 12.1. The van der Waals surface area contributed by atoms with Crippen LogP contribution < -0.4 is 15.5 Å². The highest BCUT2D eigenvalue weighted by Crippen LogP contribution is 2.22. The van der Waals surface area contributed by atoms with E-state index in [-0.39, 0.29) is 0 Å². The number of nitrogens with zero attached hydrogens (tertiary/aromatic N) is 2. The first kappa shape index (κ1) is 8.61. The molecule has 0 unspecified atom stereocenters. The van der Waals surface area contributed by atoms with Gasteiger partial charge in [0.25, 0.3) is 0 Å². The molecule has 15 heavy (non-hydrogen) atoms. The number of hydrogen-bond acceptors (Lipinski definition) is 3. The molecule has 1 aliphatic heterocycles. The molecule has 3 nitrogen and oxygen atoms in total. The Morgan fingerprint density at radius 2 is 2.13 bits per heavy atom. The monoisotopic (exact) mass is 216 g/mol. The zero-order chi connectivity index (χ0) is 10.3. The van der Waals surface area contributed by atoms with Gasteiger partial charge in [-0.15, -0.1) is 11.3 Å². The number of thiophene rings is 1. The topological polar surface area (TPSA) is 38.4 Å². The quantitative estimate of drug-likeness (QED) is 0.481. The Morgan fingerprint density at radius 1 is 1.27 bits per heavy atom. The van der Waals surface area contributed by atoms with Gasteiger partial charge in [-0.1, -0.05) is 12.1 Å². The van der Waals surface area contributed by atoms with Crippen LogP contribution >= 0.6 is 11.3 Å². The van der Waals surface area contributed by atoms with Gasteiger partial charge in [-0.05, 0) is 6.07 Å². The molecule has 1 aliphatic rings. The SMILES string of the molecule is [O-][N+]1=c2ccccc2=NCc2cscc21. The van der Waals surface area contributed by atoms with E-state index in [0.29, 0.717) is 11.9 Å². The van der Waals surface area contributed by atoms with E-state index in [0.717, 1.165) is 21.3 Å². The summed E-state index contributed by atoms with van der Waals surface area (Å²) >= 11 is 1.54. The maximum Gasteiger partial charge on any atom is 0.242 e. The van der Waals surface area contributed by atoms with Crippen LogP contribution in [0.2, 0.25) is 0 Å². The van der Waals surface area contributed by atoms with Gasteiger partial charge >= 0.3 is 0 Å². The maximum atomic E-state index is 12.1. The van der Waals surface area contributed by atoms with Crippen molar-refractivity contribution in [3.8, 4) is 0 Å². The minimum atomic E-state index is 0.592. The van der Waals surface area contributed by atoms with Crippen LogP contribution in [0.4, 0.5) is 5.69 Å². The van der Waals surface area contributed by atoms with Crippen molar-refractivity contribution in [2.45, 2.75) is 6.54 Å². The van der Waals surface area contributed by atoms with Crippen molar-refractivity contribution in [3.05, 3.63) is 56.5 Å². The van der Waals surface area contributed by atoms with Gasteiger partial charge in [0.1, 0.15) is 5.36 Å². The fraction of sp³-hybridized carbons (Fsp3) is 0.0909. The van der Waals surface area contributed by atoms with E-state index in [1.807, 2.05) is 29.0 Å². The van der Waals surface area contributed by atoms with Gasteiger partial charge in [-0.2, -0.15) is 4.74 Å². The highest BCUT2D eigenvalue weighted by molar-refractivity contribution is 7.08. The van der Waals surface area contributed by atoms with E-state index < -0.39 is 0 Å². The van der Waals surface area contributed by atoms with Crippen molar-refractivity contribution in [1.82, 2.24) is 4.74 Å². The molecule has 2 heterocycles. The van der Waals surface area contributed by atoms with E-state index in [1.54, 1.807) is 17.4 Å². The second-order valence-corrected chi connectivity index (χ2v) is 4.13. The standard InChI is InChI=1S/C11H8N2OS/c14-13-10-4-2-1-3-9(10)12-5-8-6-15-7-11(8)13/h1-4,6-7H,5H2. The second kappa shape index (κ2) is 3.17. The summed E-state index contributed by atoms with van der Waals surface area (Å²) in [6.45, 7) is 0.592. The van der Waals surface area contributed by atoms with E-state index in [4.69, 9.17) is 0 Å². The van der Waals surface area contributed by atoms with Crippen molar-refractivity contribution in [2.24, 2.45) is 4.99 Å². The third-order valence-electron chi connectivity index (χ3n) is 2.46. The Kier molecular flexibility index (Phi) is 1.82. The van der Waals surface area contributed by atoms with Crippen molar-refractivity contribution in [3.63, 3.8) is 0 Å². The smallest absolute Gasteiger partial charge is 0.242 e. The molecule has 4 heteroatoms. The molecule has 0 fully saturated rings. The molecule has 2 aromatic rings. The lowest BCUT2D eigenvalue weighted by Gasteiger charge is -1.99. The van der Waals surface area contributed by atoms with Crippen LogP contribution in [0.25, 0.3) is 0 Å². The van der Waals surface area contributed by atoms with E-state index in [1.165, 1.54) is 0 Å². The summed E-state index contributed by atoms with van der Waals surface area (Å²) < 4.78 is 0.970. The van der Waals surface area contributed by atoms with Crippen molar-refractivity contribution in [1.29, 1.82) is 0 Å². The van der Waals surface area contributed by atoms with Gasteiger partial charge in [0.2, 0.25) is 11.0 Å². The average Bonchev–Trinajstić information content (AvgIpc) is 2.69. The van der Waals surface area contributed by atoms with Gasteiger partial charge in [0.15, 0.2) is 0 Å². The largest absolute Gasteiger partial charge is 0.618 e. The van der Waals surface area contributed by atoms with Gasteiger partial charge in [0, 0.05) is 11.4 Å². The zero-order valence-corrected chi connectivity index (χ0v) is 8.70. The number of benzene rings is 1. The summed E-state index contributed by atoms with van der Waals surface area (Å²) in [7, 11) is 0. The second-order valence-electron chi connectivity index (χ2n) is 3.38. The Bertz CT molecular complexity index is 630. The summed E-state index contributed by atoms with van der Waals surface area (Å²) in [5.74, 6) is 0. The van der Waals surface area contributed by atoms with Crippen LogP contribution in [0, 0.1) is 5.21 Å². The van der Waals surface area contributed by atoms with E-state index in [2.05, 4.69) is 4.99 Å². The first-order valence-corrected chi connectivity index (χ1v) is 5.59. The van der Waals surface area contributed by atoms with Crippen LogP contribution in [0.1, 0.15) is 5.56 Å². The number of hydrogen-bond donors (Lipinski definition) is 0. The average molecular weight is 216 g/mol. The fourth-order valence-corrected chi connectivity index (χ4v) is 2.49. The van der Waals surface area contributed by atoms with Crippen LogP contribution in [0.3, 0.4) is 0 Å². The summed E-state index contributed by atoms with van der Waals surface area (Å²) in [6, 6.07) is 7.43. The summed E-state index contributed by atoms with van der Waals surface area (Å²) in [6.07, 6.45) is 0. The van der Waals surface area contributed by atoms with Gasteiger partial charge in [0.05, 0.1) is 17.5 Å². The summed E-state index contributed by atoms with van der Waals surface area (Å²) in [5.41, 5.74) is 1.74. The molecular weight excluding hydrogens is 208 g/mol. The Hall–Kier alpha value is -1.68. The summed E-state index contributed by atoms with van der Waals surface area (Å²) in [4.78, 5) is 4.42. The van der Waals surface area contributed by atoms with Crippen molar-refractivity contribution in [2.75, 3.05) is 0 Å². The molecule has 1 aromatic carbocycles. The van der Waals surface area contributed by atoms with Gasteiger partial charge < -0.3 is 5.21 Å². The normalized spacial score (nSPS) is 13.7. The third-order valence-corrected chi connectivity index (χ3v) is 3.24. The van der Waals surface area contributed by atoms with Gasteiger partial charge in [-0.3, -0.25) is 4.99 Å². The molecular formula is C11H8N2OS. The molecule has 74 valence electrons. The summed E-state index contributed by atoms with van der Waals surface area (Å²) in [5, 5.41) is 17.3.